The van der Waals surface area contributed by atoms with Crippen LogP contribution in [0.25, 0.3) is 11.6 Å². The lowest BCUT2D eigenvalue weighted by Gasteiger charge is -2.13. The Morgan fingerprint density at radius 3 is 2.27 bits per heavy atom. The number of alkyl halides is 3. The van der Waals surface area contributed by atoms with Gasteiger partial charge in [-0.3, -0.25) is 10.1 Å². The van der Waals surface area contributed by atoms with Gasteiger partial charge in [-0.25, -0.2) is 0 Å². The van der Waals surface area contributed by atoms with Crippen LogP contribution in [0.5, 0.6) is 17.2 Å². The topological polar surface area (TPSA) is 85.4 Å². The molecule has 0 heterocycles. The van der Waals surface area contributed by atoms with Gasteiger partial charge in [-0.15, -0.1) is 0 Å². The highest BCUT2D eigenvalue weighted by atomic mass is 19.4. The van der Waals surface area contributed by atoms with E-state index in [1.54, 1.807) is 18.2 Å². The predicted octanol–water partition coefficient (Wildman–Crippen LogP) is 6.79. The first-order valence-corrected chi connectivity index (χ1v) is 9.52. The van der Waals surface area contributed by atoms with Crippen LogP contribution in [0.2, 0.25) is 0 Å². The standard InChI is InChI=1S/C24H17F3N2O4/c1-15-3-6-17(7-4-15)18(14-28)11-16-5-9-22(23(12-16)32-2)33-21-10-8-19(24(25,26)27)13-20(21)29(30)31/h3-13H,1-2H3/b18-11+. The number of benzene rings is 3. The van der Waals surface area contributed by atoms with Crippen LogP contribution < -0.4 is 9.47 Å². The summed E-state index contributed by atoms with van der Waals surface area (Å²) in [6.07, 6.45) is -3.09. The second kappa shape index (κ2) is 9.44. The molecule has 0 spiro atoms. The predicted molar refractivity (Wildman–Crippen MR) is 116 cm³/mol. The van der Waals surface area contributed by atoms with Crippen LogP contribution in [0.1, 0.15) is 22.3 Å². The Labute approximate surface area is 187 Å². The lowest BCUT2D eigenvalue weighted by atomic mass is 10.0. The minimum Gasteiger partial charge on any atom is -0.493 e. The van der Waals surface area contributed by atoms with Crippen LogP contribution in [-0.4, -0.2) is 12.0 Å². The van der Waals surface area contributed by atoms with Crippen molar-refractivity contribution in [3.05, 3.63) is 93.0 Å². The van der Waals surface area contributed by atoms with Crippen molar-refractivity contribution in [3.8, 4) is 23.3 Å². The molecule has 0 saturated heterocycles. The summed E-state index contributed by atoms with van der Waals surface area (Å²) in [7, 11) is 1.35. The Morgan fingerprint density at radius 2 is 1.70 bits per heavy atom. The van der Waals surface area contributed by atoms with Crippen molar-refractivity contribution in [1.29, 1.82) is 5.26 Å². The zero-order valence-electron chi connectivity index (χ0n) is 17.5. The quantitative estimate of drug-likeness (QED) is 0.177. The Kier molecular flexibility index (Phi) is 6.68. The minimum atomic E-state index is -4.73. The number of hydrogen-bond acceptors (Lipinski definition) is 5. The van der Waals surface area contributed by atoms with E-state index in [9.17, 15) is 28.5 Å². The monoisotopic (exact) mass is 454 g/mol. The Balaban J connectivity index is 1.96. The molecule has 0 aliphatic rings. The Bertz CT molecular complexity index is 1260. The van der Waals surface area contributed by atoms with Crippen LogP contribution in [0.15, 0.2) is 60.7 Å². The van der Waals surface area contributed by atoms with E-state index in [1.807, 2.05) is 31.2 Å². The maximum Gasteiger partial charge on any atom is 0.416 e. The van der Waals surface area contributed by atoms with E-state index >= 15 is 0 Å². The van der Waals surface area contributed by atoms with Crippen molar-refractivity contribution in [1.82, 2.24) is 0 Å². The second-order valence-corrected chi connectivity index (χ2v) is 6.99. The molecule has 168 valence electrons. The third kappa shape index (κ3) is 5.49. The first-order chi connectivity index (χ1) is 15.6. The number of ether oxygens (including phenoxy) is 2. The lowest BCUT2D eigenvalue weighted by Crippen LogP contribution is -2.06. The number of aryl methyl sites for hydroxylation is 1. The molecule has 3 rings (SSSR count). The zero-order valence-corrected chi connectivity index (χ0v) is 17.5. The van der Waals surface area contributed by atoms with Crippen LogP contribution in [-0.2, 0) is 6.18 Å². The fourth-order valence-electron chi connectivity index (χ4n) is 2.98. The zero-order chi connectivity index (χ0) is 24.2. The number of halogens is 3. The average Bonchev–Trinajstić information content (AvgIpc) is 2.78. The summed E-state index contributed by atoms with van der Waals surface area (Å²) in [5.74, 6) is -0.127. The van der Waals surface area contributed by atoms with E-state index in [1.165, 1.54) is 13.2 Å². The number of nitro benzene ring substituents is 1. The van der Waals surface area contributed by atoms with Gasteiger partial charge in [-0.1, -0.05) is 35.9 Å². The lowest BCUT2D eigenvalue weighted by molar-refractivity contribution is -0.385. The summed E-state index contributed by atoms with van der Waals surface area (Å²) in [5.41, 5.74) is 0.790. The van der Waals surface area contributed by atoms with Crippen molar-refractivity contribution in [3.63, 3.8) is 0 Å². The summed E-state index contributed by atoms with van der Waals surface area (Å²) in [6, 6.07) is 16.2. The molecule has 0 fully saturated rings. The highest BCUT2D eigenvalue weighted by Crippen LogP contribution is 2.40. The van der Waals surface area contributed by atoms with E-state index in [0.29, 0.717) is 23.3 Å². The normalized spacial score (nSPS) is 11.6. The van der Waals surface area contributed by atoms with Crippen LogP contribution in [0.3, 0.4) is 0 Å². The van der Waals surface area contributed by atoms with Gasteiger partial charge in [0.2, 0.25) is 5.75 Å². The number of allylic oxidation sites excluding steroid dienone is 1. The molecule has 33 heavy (non-hydrogen) atoms. The van der Waals surface area contributed by atoms with Crippen molar-refractivity contribution < 1.29 is 27.6 Å². The van der Waals surface area contributed by atoms with E-state index in [0.717, 1.165) is 17.2 Å². The molecule has 0 aromatic heterocycles. The summed E-state index contributed by atoms with van der Waals surface area (Å²) >= 11 is 0. The summed E-state index contributed by atoms with van der Waals surface area (Å²) < 4.78 is 49.6. The maximum absolute atomic E-state index is 12.9. The van der Waals surface area contributed by atoms with Crippen molar-refractivity contribution >= 4 is 17.3 Å². The molecule has 0 aliphatic carbocycles. The van der Waals surface area contributed by atoms with E-state index in [4.69, 9.17) is 9.47 Å². The van der Waals surface area contributed by atoms with Gasteiger partial charge < -0.3 is 9.47 Å². The third-order valence-electron chi connectivity index (χ3n) is 4.68. The number of nitrogens with zero attached hydrogens (tertiary/aromatic N) is 2. The number of rotatable bonds is 6. The first kappa shape index (κ1) is 23.3. The molecule has 0 radical (unpaired) electrons. The Morgan fingerprint density at radius 1 is 1.03 bits per heavy atom. The largest absolute Gasteiger partial charge is 0.493 e. The van der Waals surface area contributed by atoms with Crippen molar-refractivity contribution in [2.24, 2.45) is 0 Å². The molecule has 9 heteroatoms. The molecule has 0 aliphatic heterocycles. The summed E-state index contributed by atoms with van der Waals surface area (Å²) in [4.78, 5) is 10.3. The SMILES string of the molecule is COc1cc(/C=C(\C#N)c2ccc(C)cc2)ccc1Oc1ccc(C(F)(F)F)cc1[N+](=O)[O-]. The summed E-state index contributed by atoms with van der Waals surface area (Å²) in [6.45, 7) is 1.93. The van der Waals surface area contributed by atoms with Gasteiger partial charge in [-0.2, -0.15) is 18.4 Å². The average molecular weight is 454 g/mol. The van der Waals surface area contributed by atoms with Gasteiger partial charge in [0.1, 0.15) is 0 Å². The van der Waals surface area contributed by atoms with Crippen molar-refractivity contribution in [2.45, 2.75) is 13.1 Å². The Hall–Kier alpha value is -4.32. The number of nitro groups is 1. The van der Waals surface area contributed by atoms with Gasteiger partial charge in [0.15, 0.2) is 11.5 Å². The number of hydrogen-bond donors (Lipinski definition) is 0. The maximum atomic E-state index is 12.9. The fraction of sp³-hybridized carbons (Fsp3) is 0.125. The third-order valence-corrected chi connectivity index (χ3v) is 4.68. The molecule has 0 N–H and O–H groups in total. The van der Waals surface area contributed by atoms with Gasteiger partial charge in [0, 0.05) is 6.07 Å². The molecular formula is C24H17F3N2O4. The summed E-state index contributed by atoms with van der Waals surface area (Å²) in [5, 5.41) is 20.8. The molecule has 0 amide bonds. The molecule has 3 aromatic rings. The highest BCUT2D eigenvalue weighted by molar-refractivity contribution is 5.89. The molecule has 0 bridgehead atoms. The smallest absolute Gasteiger partial charge is 0.416 e. The number of methoxy groups -OCH3 is 1. The van der Waals surface area contributed by atoms with Crippen molar-refractivity contribution in [2.75, 3.05) is 7.11 Å². The fourth-order valence-corrected chi connectivity index (χ4v) is 2.98. The van der Waals surface area contributed by atoms with Gasteiger partial charge >= 0.3 is 11.9 Å². The van der Waals surface area contributed by atoms with E-state index < -0.39 is 22.4 Å². The minimum absolute atomic E-state index is 0.0614. The molecule has 3 aromatic carbocycles. The highest BCUT2D eigenvalue weighted by Gasteiger charge is 2.33. The molecule has 6 nitrogen and oxygen atoms in total. The van der Waals surface area contributed by atoms with E-state index in [-0.39, 0.29) is 17.2 Å². The molecule has 0 saturated carbocycles. The first-order valence-electron chi connectivity index (χ1n) is 9.52. The molecule has 0 unspecified atom stereocenters. The van der Waals surface area contributed by atoms with Gasteiger partial charge in [0.05, 0.1) is 29.2 Å². The number of nitriles is 1. The van der Waals surface area contributed by atoms with Crippen LogP contribution >= 0.6 is 0 Å². The van der Waals surface area contributed by atoms with Crippen LogP contribution in [0, 0.1) is 28.4 Å². The van der Waals surface area contributed by atoms with Crippen LogP contribution in [0.4, 0.5) is 18.9 Å². The molecular weight excluding hydrogens is 437 g/mol. The van der Waals surface area contributed by atoms with Gasteiger partial charge in [0.25, 0.3) is 0 Å². The molecule has 0 atom stereocenters. The van der Waals surface area contributed by atoms with Gasteiger partial charge in [-0.05, 0) is 48.4 Å². The van der Waals surface area contributed by atoms with E-state index in [2.05, 4.69) is 6.07 Å². The second-order valence-electron chi connectivity index (χ2n) is 6.99.